The van der Waals surface area contributed by atoms with Crippen LogP contribution in [0.25, 0.3) is 0 Å². The number of ether oxygens (including phenoxy) is 2. The molecular formula is C16H27NO2. The molecule has 3 nitrogen and oxygen atoms in total. The fraction of sp³-hybridized carbons (Fsp3) is 0.625. The largest absolute Gasteiger partial charge is 0.493 e. The van der Waals surface area contributed by atoms with Gasteiger partial charge in [-0.1, -0.05) is 39.8 Å². The van der Waals surface area contributed by atoms with Gasteiger partial charge in [0.05, 0.1) is 13.7 Å². The zero-order chi connectivity index (χ0) is 14.3. The van der Waals surface area contributed by atoms with Gasteiger partial charge in [0, 0.05) is 12.6 Å². The number of hydrogen-bond acceptors (Lipinski definition) is 3. The first-order chi connectivity index (χ1) is 8.94. The van der Waals surface area contributed by atoms with Crippen molar-refractivity contribution in [2.24, 2.45) is 5.41 Å². The van der Waals surface area contributed by atoms with Crippen molar-refractivity contribution in [1.29, 1.82) is 0 Å². The van der Waals surface area contributed by atoms with Crippen LogP contribution < -0.4 is 14.8 Å². The first-order valence-corrected chi connectivity index (χ1v) is 6.94. The van der Waals surface area contributed by atoms with Crippen LogP contribution in [0.15, 0.2) is 24.3 Å². The van der Waals surface area contributed by atoms with Gasteiger partial charge in [-0.05, 0) is 24.0 Å². The van der Waals surface area contributed by atoms with Crippen LogP contribution in [0.4, 0.5) is 0 Å². The maximum absolute atomic E-state index is 5.82. The standard InChI is InChI=1S/C16H27NO2/c1-13(2)17-12-16(3,4)10-11-19-15-9-7-6-8-14(15)18-5/h6-9,13,17H,10-12H2,1-5H3. The van der Waals surface area contributed by atoms with Crippen molar-refractivity contribution in [2.45, 2.75) is 40.2 Å². The van der Waals surface area contributed by atoms with Crippen LogP contribution >= 0.6 is 0 Å². The summed E-state index contributed by atoms with van der Waals surface area (Å²) < 4.78 is 11.1. The first kappa shape index (κ1) is 15.8. The summed E-state index contributed by atoms with van der Waals surface area (Å²) in [4.78, 5) is 0. The van der Waals surface area contributed by atoms with E-state index in [0.29, 0.717) is 12.6 Å². The Morgan fingerprint density at radius 1 is 1.16 bits per heavy atom. The van der Waals surface area contributed by atoms with Gasteiger partial charge in [0.2, 0.25) is 0 Å². The van der Waals surface area contributed by atoms with E-state index in [1.807, 2.05) is 24.3 Å². The molecule has 0 fully saturated rings. The molecule has 3 heteroatoms. The fourth-order valence-electron chi connectivity index (χ4n) is 1.74. The maximum atomic E-state index is 5.82. The highest BCUT2D eigenvalue weighted by atomic mass is 16.5. The van der Waals surface area contributed by atoms with Crippen molar-refractivity contribution >= 4 is 0 Å². The molecule has 108 valence electrons. The van der Waals surface area contributed by atoms with Crippen LogP contribution in [0, 0.1) is 5.41 Å². The lowest BCUT2D eigenvalue weighted by Gasteiger charge is -2.26. The monoisotopic (exact) mass is 265 g/mol. The van der Waals surface area contributed by atoms with Gasteiger partial charge >= 0.3 is 0 Å². The SMILES string of the molecule is COc1ccccc1OCCC(C)(C)CNC(C)C. The summed E-state index contributed by atoms with van der Waals surface area (Å²) in [7, 11) is 1.67. The second-order valence-electron chi connectivity index (χ2n) is 5.95. The van der Waals surface area contributed by atoms with E-state index in [1.165, 1.54) is 0 Å². The smallest absolute Gasteiger partial charge is 0.161 e. The van der Waals surface area contributed by atoms with Crippen LogP contribution in [-0.4, -0.2) is 26.3 Å². The Kier molecular flexibility index (Phi) is 6.16. The van der Waals surface area contributed by atoms with Crippen LogP contribution in [0.3, 0.4) is 0 Å². The van der Waals surface area contributed by atoms with E-state index in [9.17, 15) is 0 Å². The van der Waals surface area contributed by atoms with E-state index >= 15 is 0 Å². The van der Waals surface area contributed by atoms with Gasteiger partial charge in [0.25, 0.3) is 0 Å². The minimum atomic E-state index is 0.228. The number of benzene rings is 1. The van der Waals surface area contributed by atoms with Crippen molar-refractivity contribution in [2.75, 3.05) is 20.3 Å². The fourth-order valence-corrected chi connectivity index (χ4v) is 1.74. The van der Waals surface area contributed by atoms with Gasteiger partial charge in [-0.3, -0.25) is 0 Å². The summed E-state index contributed by atoms with van der Waals surface area (Å²) in [5, 5.41) is 3.48. The number of hydrogen-bond donors (Lipinski definition) is 1. The van der Waals surface area contributed by atoms with E-state index < -0.39 is 0 Å². The molecule has 19 heavy (non-hydrogen) atoms. The van der Waals surface area contributed by atoms with Crippen LogP contribution in [0.1, 0.15) is 34.1 Å². The first-order valence-electron chi connectivity index (χ1n) is 6.94. The highest BCUT2D eigenvalue weighted by Gasteiger charge is 2.18. The van der Waals surface area contributed by atoms with Crippen molar-refractivity contribution in [3.63, 3.8) is 0 Å². The summed E-state index contributed by atoms with van der Waals surface area (Å²) in [6, 6.07) is 8.29. The molecule has 0 amide bonds. The summed E-state index contributed by atoms with van der Waals surface area (Å²) >= 11 is 0. The Labute approximate surface area is 117 Å². The van der Waals surface area contributed by atoms with Gasteiger partial charge in [-0.25, -0.2) is 0 Å². The number of rotatable bonds is 8. The quantitative estimate of drug-likeness (QED) is 0.780. The third kappa shape index (κ3) is 5.97. The normalized spacial score (nSPS) is 11.7. The Morgan fingerprint density at radius 3 is 2.37 bits per heavy atom. The molecule has 0 atom stereocenters. The van der Waals surface area contributed by atoms with Gasteiger partial charge in [-0.2, -0.15) is 0 Å². The van der Waals surface area contributed by atoms with Crippen LogP contribution in [0.2, 0.25) is 0 Å². The number of para-hydroxylation sites is 2. The van der Waals surface area contributed by atoms with Gasteiger partial charge in [0.1, 0.15) is 0 Å². The molecular weight excluding hydrogens is 238 g/mol. The molecule has 0 unspecified atom stereocenters. The van der Waals surface area contributed by atoms with Crippen molar-refractivity contribution in [3.8, 4) is 11.5 Å². The Balaban J connectivity index is 2.40. The predicted molar refractivity (Wildman–Crippen MR) is 80.0 cm³/mol. The molecule has 0 radical (unpaired) electrons. The second-order valence-corrected chi connectivity index (χ2v) is 5.95. The zero-order valence-corrected chi connectivity index (χ0v) is 12.8. The molecule has 0 spiro atoms. The summed E-state index contributed by atoms with van der Waals surface area (Å²) in [6.45, 7) is 10.6. The van der Waals surface area contributed by atoms with E-state index in [4.69, 9.17) is 9.47 Å². The lowest BCUT2D eigenvalue weighted by Crippen LogP contribution is -2.34. The minimum Gasteiger partial charge on any atom is -0.493 e. The highest BCUT2D eigenvalue weighted by molar-refractivity contribution is 5.39. The topological polar surface area (TPSA) is 30.5 Å². The van der Waals surface area contributed by atoms with Crippen molar-refractivity contribution in [1.82, 2.24) is 5.32 Å². The third-order valence-corrected chi connectivity index (χ3v) is 3.09. The van der Waals surface area contributed by atoms with Crippen LogP contribution in [0.5, 0.6) is 11.5 Å². The van der Waals surface area contributed by atoms with E-state index in [2.05, 4.69) is 33.0 Å². The molecule has 0 saturated carbocycles. The van der Waals surface area contributed by atoms with Crippen molar-refractivity contribution < 1.29 is 9.47 Å². The van der Waals surface area contributed by atoms with Crippen molar-refractivity contribution in [3.05, 3.63) is 24.3 Å². The molecule has 0 aromatic heterocycles. The summed E-state index contributed by atoms with van der Waals surface area (Å²) in [5.74, 6) is 1.61. The van der Waals surface area contributed by atoms with E-state index in [0.717, 1.165) is 24.5 Å². The molecule has 0 aliphatic rings. The third-order valence-electron chi connectivity index (χ3n) is 3.09. The zero-order valence-electron chi connectivity index (χ0n) is 12.8. The average Bonchev–Trinajstić information content (AvgIpc) is 2.37. The maximum Gasteiger partial charge on any atom is 0.161 e. The Morgan fingerprint density at radius 2 is 1.79 bits per heavy atom. The second kappa shape index (κ2) is 7.39. The lowest BCUT2D eigenvalue weighted by molar-refractivity contribution is 0.213. The molecule has 0 bridgehead atoms. The van der Waals surface area contributed by atoms with Gasteiger partial charge < -0.3 is 14.8 Å². The lowest BCUT2D eigenvalue weighted by atomic mass is 9.89. The summed E-state index contributed by atoms with van der Waals surface area (Å²) in [5.41, 5.74) is 0.228. The molecule has 1 aromatic carbocycles. The molecule has 0 heterocycles. The highest BCUT2D eigenvalue weighted by Crippen LogP contribution is 2.27. The Hall–Kier alpha value is -1.22. The Bertz CT molecular complexity index is 375. The minimum absolute atomic E-state index is 0.228. The number of methoxy groups -OCH3 is 1. The van der Waals surface area contributed by atoms with Gasteiger partial charge in [-0.15, -0.1) is 0 Å². The molecule has 0 saturated heterocycles. The summed E-state index contributed by atoms with van der Waals surface area (Å²) in [6.07, 6.45) is 1.00. The number of nitrogens with one attached hydrogen (secondary N) is 1. The van der Waals surface area contributed by atoms with E-state index in [-0.39, 0.29) is 5.41 Å². The van der Waals surface area contributed by atoms with Gasteiger partial charge in [0.15, 0.2) is 11.5 Å². The molecule has 1 rings (SSSR count). The molecule has 1 aromatic rings. The molecule has 0 aliphatic carbocycles. The van der Waals surface area contributed by atoms with E-state index in [1.54, 1.807) is 7.11 Å². The molecule has 1 N–H and O–H groups in total. The molecule has 0 aliphatic heterocycles. The average molecular weight is 265 g/mol. The predicted octanol–water partition coefficient (Wildman–Crippen LogP) is 3.49. The van der Waals surface area contributed by atoms with Crippen LogP contribution in [-0.2, 0) is 0 Å².